The lowest BCUT2D eigenvalue weighted by Gasteiger charge is -2.11. The molecule has 0 radical (unpaired) electrons. The Bertz CT molecular complexity index is 520. The molecule has 0 fully saturated rings. The largest absolute Gasteiger partial charge is 0.480 e. The fraction of sp³-hybridized carbons (Fsp3) is 0.885. The first-order chi connectivity index (χ1) is 16.8. The van der Waals surface area contributed by atoms with E-state index in [-0.39, 0.29) is 18.4 Å². The fourth-order valence-electron chi connectivity index (χ4n) is 3.61. The average molecular weight is 502 g/mol. The number of nitrogens with one attached hydrogen (secondary N) is 1. The van der Waals surface area contributed by atoms with Gasteiger partial charge in [0.2, 0.25) is 11.8 Å². The van der Waals surface area contributed by atoms with E-state index < -0.39 is 17.9 Å². The highest BCUT2D eigenvalue weighted by molar-refractivity contribution is 5.83. The number of amides is 2. The van der Waals surface area contributed by atoms with Crippen molar-refractivity contribution in [2.24, 2.45) is 22.9 Å². The van der Waals surface area contributed by atoms with Crippen LogP contribution in [0.15, 0.2) is 0 Å². The monoisotopic (exact) mass is 501 g/mol. The van der Waals surface area contributed by atoms with Crippen molar-refractivity contribution in [2.45, 2.75) is 135 Å². The molecule has 9 heteroatoms. The summed E-state index contributed by atoms with van der Waals surface area (Å²) in [6, 6.07) is -1.53. The minimum Gasteiger partial charge on any atom is -0.480 e. The third-order valence-corrected chi connectivity index (χ3v) is 5.87. The van der Waals surface area contributed by atoms with Crippen LogP contribution in [0.1, 0.15) is 122 Å². The molecule has 0 saturated carbocycles. The van der Waals surface area contributed by atoms with E-state index in [2.05, 4.69) is 18.0 Å². The zero-order valence-electron chi connectivity index (χ0n) is 22.3. The van der Waals surface area contributed by atoms with Crippen molar-refractivity contribution < 1.29 is 19.5 Å². The Morgan fingerprint density at radius 3 is 1.54 bits per heavy atom. The van der Waals surface area contributed by atoms with Crippen molar-refractivity contribution in [3.05, 3.63) is 0 Å². The zero-order valence-corrected chi connectivity index (χ0v) is 22.3. The zero-order chi connectivity index (χ0) is 26.7. The lowest BCUT2D eigenvalue weighted by atomic mass is 10.0. The van der Waals surface area contributed by atoms with Gasteiger partial charge in [-0.05, 0) is 25.8 Å². The Balaban J connectivity index is 0. The van der Waals surface area contributed by atoms with E-state index >= 15 is 0 Å². The normalized spacial score (nSPS) is 12.3. The first-order valence-electron chi connectivity index (χ1n) is 13.8. The molecule has 1 unspecified atom stereocenters. The second-order valence-corrected chi connectivity index (χ2v) is 9.39. The van der Waals surface area contributed by atoms with Crippen molar-refractivity contribution in [1.29, 1.82) is 0 Å². The van der Waals surface area contributed by atoms with Gasteiger partial charge in [0.15, 0.2) is 0 Å². The van der Waals surface area contributed by atoms with Gasteiger partial charge in [0.05, 0.1) is 12.5 Å². The number of hydrogen-bond donors (Lipinski definition) is 6. The highest BCUT2D eigenvalue weighted by atomic mass is 16.4. The molecule has 0 spiro atoms. The summed E-state index contributed by atoms with van der Waals surface area (Å²) in [5, 5.41) is 11.1. The Kier molecular flexibility index (Phi) is 27.2. The maximum absolute atomic E-state index is 11.8. The van der Waals surface area contributed by atoms with E-state index in [4.69, 9.17) is 22.3 Å². The lowest BCUT2D eigenvalue weighted by Crippen LogP contribution is -2.40. The van der Waals surface area contributed by atoms with Gasteiger partial charge in [-0.25, -0.2) is 0 Å². The van der Waals surface area contributed by atoms with Gasteiger partial charge < -0.3 is 33.4 Å². The van der Waals surface area contributed by atoms with E-state index in [0.717, 1.165) is 32.2 Å². The predicted octanol–water partition coefficient (Wildman–Crippen LogP) is 3.31. The minimum atomic E-state index is -1.21. The molecule has 0 aromatic carbocycles. The van der Waals surface area contributed by atoms with Crippen molar-refractivity contribution in [3.8, 4) is 0 Å². The number of unbranched alkanes of at least 4 members (excludes halogenated alkanes) is 14. The molecule has 0 aliphatic rings. The molecule has 0 bridgehead atoms. The molecule has 0 saturated heterocycles. The summed E-state index contributed by atoms with van der Waals surface area (Å²) in [5.74, 6) is -1.92. The second-order valence-electron chi connectivity index (χ2n) is 9.39. The Morgan fingerprint density at radius 1 is 0.714 bits per heavy atom. The lowest BCUT2D eigenvalue weighted by molar-refractivity contribution is -0.140. The molecular weight excluding hydrogens is 446 g/mol. The van der Waals surface area contributed by atoms with E-state index in [1.807, 2.05) is 0 Å². The topological polar surface area (TPSA) is 188 Å². The minimum absolute atomic E-state index is 0.00304. The van der Waals surface area contributed by atoms with E-state index in [0.29, 0.717) is 6.54 Å². The van der Waals surface area contributed by atoms with Gasteiger partial charge in [0.25, 0.3) is 0 Å². The van der Waals surface area contributed by atoms with Crippen LogP contribution in [0.25, 0.3) is 0 Å². The highest BCUT2D eigenvalue weighted by Gasteiger charge is 2.13. The van der Waals surface area contributed by atoms with Gasteiger partial charge in [-0.2, -0.15) is 0 Å². The average Bonchev–Trinajstić information content (AvgIpc) is 2.81. The molecule has 10 N–H and O–H groups in total. The first-order valence-corrected chi connectivity index (χ1v) is 13.8. The SMILES string of the molecule is CCCCCCCCCCCCCCCCNC(=O)[C@@H](N)CCCCN.NC(=O)CC(N)C(=O)O. The number of aliphatic carboxylic acids is 1. The second kappa shape index (κ2) is 26.9. The van der Waals surface area contributed by atoms with Gasteiger partial charge in [0.1, 0.15) is 6.04 Å². The third kappa shape index (κ3) is 28.4. The van der Waals surface area contributed by atoms with Crippen LogP contribution in [0.2, 0.25) is 0 Å². The molecule has 0 aromatic heterocycles. The Hall–Kier alpha value is -1.71. The van der Waals surface area contributed by atoms with Crippen LogP contribution >= 0.6 is 0 Å². The molecule has 0 aromatic rings. The molecule has 0 aliphatic carbocycles. The molecule has 2 atom stereocenters. The van der Waals surface area contributed by atoms with Crippen molar-refractivity contribution >= 4 is 17.8 Å². The summed E-state index contributed by atoms with van der Waals surface area (Å²) in [7, 11) is 0. The van der Waals surface area contributed by atoms with Crippen molar-refractivity contribution in [1.82, 2.24) is 5.32 Å². The number of nitrogens with two attached hydrogens (primary N) is 4. The number of carbonyl (C=O) groups excluding carboxylic acids is 2. The standard InChI is InChI=1S/C22H47N3O.C4H8N2O3/c1-2-3-4-5-6-7-8-9-10-11-12-13-14-17-20-25-22(26)21(24)18-15-16-19-23;5-2(4(8)9)1-3(6)7/h21H,2-20,23-24H2,1H3,(H,25,26);2H,1,5H2,(H2,6,7)(H,8,9)/t21-;/m0./s1. The number of carboxylic acids is 1. The maximum atomic E-state index is 11.8. The summed E-state index contributed by atoms with van der Waals surface area (Å²) in [4.78, 5) is 31.7. The number of hydrogen-bond acceptors (Lipinski definition) is 6. The third-order valence-electron chi connectivity index (χ3n) is 5.87. The van der Waals surface area contributed by atoms with Crippen molar-refractivity contribution in [3.63, 3.8) is 0 Å². The number of primary amides is 1. The van der Waals surface area contributed by atoms with Gasteiger partial charge in [-0.1, -0.05) is 96.8 Å². The summed E-state index contributed by atoms with van der Waals surface area (Å²) in [6.07, 6.45) is 21.3. The fourth-order valence-corrected chi connectivity index (χ4v) is 3.61. The number of carbonyl (C=O) groups is 3. The van der Waals surface area contributed by atoms with E-state index in [9.17, 15) is 14.4 Å². The summed E-state index contributed by atoms with van der Waals surface area (Å²) >= 11 is 0. The number of carboxylic acid groups (broad SMARTS) is 1. The van der Waals surface area contributed by atoms with E-state index in [1.54, 1.807) is 0 Å². The van der Waals surface area contributed by atoms with Crippen LogP contribution in [0.5, 0.6) is 0 Å². The van der Waals surface area contributed by atoms with Gasteiger partial charge in [0, 0.05) is 6.54 Å². The molecule has 208 valence electrons. The van der Waals surface area contributed by atoms with Crippen LogP contribution < -0.4 is 28.3 Å². The molecule has 35 heavy (non-hydrogen) atoms. The molecular formula is C26H55N5O4. The molecule has 0 aliphatic heterocycles. The van der Waals surface area contributed by atoms with Crippen LogP contribution in [0.3, 0.4) is 0 Å². The Morgan fingerprint density at radius 2 is 1.17 bits per heavy atom. The van der Waals surface area contributed by atoms with Crippen molar-refractivity contribution in [2.75, 3.05) is 13.1 Å². The van der Waals surface area contributed by atoms with Gasteiger partial charge in [-0.3, -0.25) is 14.4 Å². The predicted molar refractivity (Wildman–Crippen MR) is 144 cm³/mol. The van der Waals surface area contributed by atoms with E-state index in [1.165, 1.54) is 83.5 Å². The number of rotatable bonds is 23. The molecule has 9 nitrogen and oxygen atoms in total. The molecule has 0 heterocycles. The smallest absolute Gasteiger partial charge is 0.321 e. The quantitative estimate of drug-likeness (QED) is 0.116. The maximum Gasteiger partial charge on any atom is 0.321 e. The van der Waals surface area contributed by atoms with Crippen LogP contribution in [-0.4, -0.2) is 48.1 Å². The highest BCUT2D eigenvalue weighted by Crippen LogP contribution is 2.12. The molecule has 0 rings (SSSR count). The van der Waals surface area contributed by atoms with Gasteiger partial charge in [-0.15, -0.1) is 0 Å². The summed E-state index contributed by atoms with van der Waals surface area (Å²) in [5.41, 5.74) is 20.9. The molecule has 2 amide bonds. The first kappa shape index (κ1) is 35.5. The Labute approximate surface area is 213 Å². The van der Waals surface area contributed by atoms with Crippen LogP contribution in [0, 0.1) is 0 Å². The summed E-state index contributed by atoms with van der Waals surface area (Å²) < 4.78 is 0. The van der Waals surface area contributed by atoms with Crippen LogP contribution in [-0.2, 0) is 14.4 Å². The van der Waals surface area contributed by atoms with Gasteiger partial charge >= 0.3 is 5.97 Å². The van der Waals surface area contributed by atoms with Crippen LogP contribution in [0.4, 0.5) is 0 Å². The summed E-state index contributed by atoms with van der Waals surface area (Å²) in [6.45, 7) is 3.71.